The van der Waals surface area contributed by atoms with E-state index in [2.05, 4.69) is 53.8 Å². The molecule has 31 heavy (non-hydrogen) atoms. The highest BCUT2D eigenvalue weighted by atomic mass is 32.2. The molecule has 0 spiro atoms. The Morgan fingerprint density at radius 1 is 0.871 bits per heavy atom. The maximum Gasteiger partial charge on any atom is 0.0970 e. The quantitative estimate of drug-likeness (QED) is 0.256. The van der Waals surface area contributed by atoms with Crippen LogP contribution in [0.4, 0.5) is 11.4 Å². The summed E-state index contributed by atoms with van der Waals surface area (Å²) in [5, 5.41) is 5.84. The van der Waals surface area contributed by atoms with Crippen LogP contribution in [-0.2, 0) is 5.75 Å². The molecule has 0 atom stereocenters. The van der Waals surface area contributed by atoms with Crippen molar-refractivity contribution in [3.8, 4) is 0 Å². The number of anilines is 2. The van der Waals surface area contributed by atoms with Gasteiger partial charge < -0.3 is 11.1 Å². The van der Waals surface area contributed by atoms with E-state index >= 15 is 0 Å². The fourth-order valence-corrected chi connectivity index (χ4v) is 4.60. The van der Waals surface area contributed by atoms with E-state index in [0.717, 1.165) is 40.5 Å². The Kier molecular flexibility index (Phi) is 5.63. The summed E-state index contributed by atoms with van der Waals surface area (Å²) >= 11 is 1.77. The van der Waals surface area contributed by atoms with Crippen molar-refractivity contribution in [3.05, 3.63) is 102 Å². The minimum Gasteiger partial charge on any atom is -0.397 e. The molecule has 4 heteroatoms. The highest BCUT2D eigenvalue weighted by Gasteiger charge is 2.17. The second-order valence-corrected chi connectivity index (χ2v) is 8.87. The summed E-state index contributed by atoms with van der Waals surface area (Å²) in [5.74, 6) is 0.899. The van der Waals surface area contributed by atoms with E-state index in [4.69, 9.17) is 10.7 Å². The van der Waals surface area contributed by atoms with Crippen molar-refractivity contribution in [1.29, 1.82) is 0 Å². The van der Waals surface area contributed by atoms with Crippen LogP contribution in [0.3, 0.4) is 0 Å². The monoisotopic (exact) mass is 423 g/mol. The van der Waals surface area contributed by atoms with Gasteiger partial charge in [-0.05, 0) is 60.2 Å². The first kappa shape index (κ1) is 19.7. The maximum absolute atomic E-state index is 6.17. The standard InChI is InChI=1S/C27H25N3S/c28-23-9-2-4-11-25(23)30-27(21-7-5-8-21)22-14-12-19(13-15-22)18-31-26-17-16-20-6-1-3-10-24(20)29-26/h1-4,6,9-17,30H,5,7-8,18,28H2. The fraction of sp³-hybridized carbons (Fsp3) is 0.148. The van der Waals surface area contributed by atoms with Crippen molar-refractivity contribution < 1.29 is 0 Å². The number of pyridine rings is 1. The van der Waals surface area contributed by atoms with Gasteiger partial charge in [0.1, 0.15) is 0 Å². The largest absolute Gasteiger partial charge is 0.397 e. The Bertz CT molecular complexity index is 1240. The second kappa shape index (κ2) is 8.86. The average Bonchev–Trinajstić information content (AvgIpc) is 2.78. The van der Waals surface area contributed by atoms with E-state index in [1.807, 2.05) is 36.4 Å². The summed E-state index contributed by atoms with van der Waals surface area (Å²) in [6, 6.07) is 29.3. The predicted octanol–water partition coefficient (Wildman–Crippen LogP) is 7.12. The molecule has 1 aliphatic carbocycles. The third kappa shape index (κ3) is 4.44. The van der Waals surface area contributed by atoms with Gasteiger partial charge in [0.05, 0.1) is 21.9 Å². The normalized spacial score (nSPS) is 13.1. The van der Waals surface area contributed by atoms with Crippen LogP contribution in [0.25, 0.3) is 16.6 Å². The van der Waals surface area contributed by atoms with E-state index in [1.54, 1.807) is 11.8 Å². The third-order valence-electron chi connectivity index (χ3n) is 5.73. The molecule has 0 unspecified atom stereocenters. The van der Waals surface area contributed by atoms with Crippen molar-refractivity contribution in [2.75, 3.05) is 11.1 Å². The molecule has 0 amide bonds. The second-order valence-electron chi connectivity index (χ2n) is 7.87. The lowest BCUT2D eigenvalue weighted by Gasteiger charge is -2.24. The number of nitrogens with zero attached hydrogens (tertiary/aromatic N) is 1. The highest BCUT2D eigenvalue weighted by Crippen LogP contribution is 2.35. The van der Waals surface area contributed by atoms with Gasteiger partial charge in [0.15, 0.2) is 0 Å². The number of hydrogen-bond donors (Lipinski definition) is 2. The van der Waals surface area contributed by atoms with Gasteiger partial charge in [-0.1, -0.05) is 60.7 Å². The van der Waals surface area contributed by atoms with E-state index in [0.29, 0.717) is 0 Å². The SMILES string of the molecule is Nc1ccccc1NC(=C1CCC1)c1ccc(CSc2ccc3ccccc3n2)cc1. The van der Waals surface area contributed by atoms with E-state index in [1.165, 1.54) is 34.2 Å². The Morgan fingerprint density at radius 3 is 2.42 bits per heavy atom. The summed E-state index contributed by atoms with van der Waals surface area (Å²) < 4.78 is 0. The minimum absolute atomic E-state index is 0.774. The molecule has 1 heterocycles. The summed E-state index contributed by atoms with van der Waals surface area (Å²) in [4.78, 5) is 4.77. The van der Waals surface area contributed by atoms with Crippen LogP contribution in [0.5, 0.6) is 0 Å². The molecule has 0 radical (unpaired) electrons. The van der Waals surface area contributed by atoms with Gasteiger partial charge in [-0.25, -0.2) is 4.98 Å². The predicted molar refractivity (Wildman–Crippen MR) is 133 cm³/mol. The molecule has 4 aromatic rings. The molecule has 0 aliphatic heterocycles. The Morgan fingerprint density at radius 2 is 1.65 bits per heavy atom. The molecule has 5 rings (SSSR count). The van der Waals surface area contributed by atoms with Crippen molar-refractivity contribution in [3.63, 3.8) is 0 Å². The number of thioether (sulfide) groups is 1. The molecule has 0 bridgehead atoms. The van der Waals surface area contributed by atoms with Gasteiger partial charge in [-0.2, -0.15) is 0 Å². The molecule has 1 saturated carbocycles. The lowest BCUT2D eigenvalue weighted by Crippen LogP contribution is -2.09. The fourth-order valence-electron chi connectivity index (χ4n) is 3.77. The molecular weight excluding hydrogens is 398 g/mol. The molecule has 3 aromatic carbocycles. The molecule has 3 N–H and O–H groups in total. The lowest BCUT2D eigenvalue weighted by molar-refractivity contribution is 0.665. The molecule has 3 nitrogen and oxygen atoms in total. The van der Waals surface area contributed by atoms with Crippen LogP contribution in [0.1, 0.15) is 30.4 Å². The number of benzene rings is 3. The number of nitrogens with one attached hydrogen (secondary N) is 1. The van der Waals surface area contributed by atoms with Crippen LogP contribution in [0, 0.1) is 0 Å². The van der Waals surface area contributed by atoms with Crippen LogP contribution >= 0.6 is 11.8 Å². The van der Waals surface area contributed by atoms with Crippen LogP contribution in [0.15, 0.2) is 95.5 Å². The Balaban J connectivity index is 1.31. The van der Waals surface area contributed by atoms with Gasteiger partial charge in [0.25, 0.3) is 0 Å². The van der Waals surface area contributed by atoms with Crippen molar-refractivity contribution in [1.82, 2.24) is 4.98 Å². The van der Waals surface area contributed by atoms with Gasteiger partial charge in [-0.15, -0.1) is 11.8 Å². The molecule has 1 aromatic heterocycles. The number of fused-ring (bicyclic) bond motifs is 1. The number of hydrogen-bond acceptors (Lipinski definition) is 4. The van der Waals surface area contributed by atoms with E-state index in [-0.39, 0.29) is 0 Å². The summed E-state index contributed by atoms with van der Waals surface area (Å²) in [6.07, 6.45) is 3.57. The summed E-state index contributed by atoms with van der Waals surface area (Å²) in [5.41, 5.74) is 14.2. The topological polar surface area (TPSA) is 50.9 Å². The number of rotatable bonds is 6. The minimum atomic E-state index is 0.774. The molecule has 0 saturated heterocycles. The first-order valence-electron chi connectivity index (χ1n) is 10.7. The highest BCUT2D eigenvalue weighted by molar-refractivity contribution is 7.98. The maximum atomic E-state index is 6.17. The third-order valence-corrected chi connectivity index (χ3v) is 6.73. The molecular formula is C27H25N3S. The Labute approximate surface area is 187 Å². The molecule has 1 fully saturated rings. The van der Waals surface area contributed by atoms with Gasteiger partial charge in [0, 0.05) is 16.8 Å². The first-order valence-corrected chi connectivity index (χ1v) is 11.7. The Hall–Kier alpha value is -3.24. The average molecular weight is 424 g/mol. The lowest BCUT2D eigenvalue weighted by atomic mass is 9.88. The van der Waals surface area contributed by atoms with Crippen molar-refractivity contribution in [2.45, 2.75) is 30.0 Å². The van der Waals surface area contributed by atoms with Gasteiger partial charge in [-0.3, -0.25) is 0 Å². The van der Waals surface area contributed by atoms with Crippen molar-refractivity contribution in [2.24, 2.45) is 0 Å². The zero-order chi connectivity index (χ0) is 21.0. The van der Waals surface area contributed by atoms with Crippen molar-refractivity contribution >= 4 is 39.7 Å². The number of nitrogen functional groups attached to an aromatic ring is 1. The number of nitrogens with two attached hydrogens (primary N) is 1. The van der Waals surface area contributed by atoms with E-state index in [9.17, 15) is 0 Å². The van der Waals surface area contributed by atoms with Crippen LogP contribution < -0.4 is 11.1 Å². The molecule has 1 aliphatic rings. The first-order chi connectivity index (χ1) is 15.3. The van der Waals surface area contributed by atoms with Gasteiger partial charge in [0.2, 0.25) is 0 Å². The van der Waals surface area contributed by atoms with Crippen LogP contribution in [-0.4, -0.2) is 4.98 Å². The zero-order valence-corrected chi connectivity index (χ0v) is 18.2. The summed E-state index contributed by atoms with van der Waals surface area (Å²) in [7, 11) is 0. The van der Waals surface area contributed by atoms with Gasteiger partial charge >= 0.3 is 0 Å². The zero-order valence-electron chi connectivity index (χ0n) is 17.3. The summed E-state index contributed by atoms with van der Waals surface area (Å²) in [6.45, 7) is 0. The smallest absolute Gasteiger partial charge is 0.0970 e. The number of para-hydroxylation sites is 3. The number of allylic oxidation sites excluding steroid dienone is 1. The van der Waals surface area contributed by atoms with E-state index < -0.39 is 0 Å². The van der Waals surface area contributed by atoms with Crippen LogP contribution in [0.2, 0.25) is 0 Å². The number of aromatic nitrogens is 1. The molecule has 154 valence electrons.